The summed E-state index contributed by atoms with van der Waals surface area (Å²) in [6.45, 7) is 8.06. The lowest BCUT2D eigenvalue weighted by molar-refractivity contribution is -0.117. The van der Waals surface area contributed by atoms with Crippen molar-refractivity contribution in [3.8, 4) is 0 Å². The van der Waals surface area contributed by atoms with Crippen LogP contribution in [0, 0.1) is 13.8 Å². The smallest absolute Gasteiger partial charge is 0.246 e. The molecule has 1 unspecified atom stereocenters. The highest BCUT2D eigenvalue weighted by atomic mass is 16.5. The number of rotatable bonds is 5. The van der Waals surface area contributed by atoms with Gasteiger partial charge in [-0.3, -0.25) is 10.1 Å². The van der Waals surface area contributed by atoms with Crippen molar-refractivity contribution in [3.63, 3.8) is 0 Å². The summed E-state index contributed by atoms with van der Waals surface area (Å²) in [5.74, 6) is 0.0233. The maximum atomic E-state index is 11.9. The Kier molecular flexibility index (Phi) is 3.99. The number of nitrogens with one attached hydrogen (secondary N) is 2. The Bertz CT molecular complexity index is 457. The van der Waals surface area contributed by atoms with Crippen LogP contribution >= 0.6 is 0 Å². The Balaban J connectivity index is 2.11. The number of carbonyl (C=O) groups is 1. The number of benzene rings is 1. The second-order valence-corrected chi connectivity index (χ2v) is 4.54. The summed E-state index contributed by atoms with van der Waals surface area (Å²) in [7, 11) is 0. The lowest BCUT2D eigenvalue weighted by Crippen LogP contribution is -2.30. The van der Waals surface area contributed by atoms with Gasteiger partial charge in [-0.1, -0.05) is 12.1 Å². The van der Waals surface area contributed by atoms with Crippen LogP contribution in [-0.4, -0.2) is 25.7 Å². The molecule has 1 amide bonds. The highest BCUT2D eigenvalue weighted by Gasteiger charge is 2.31. The van der Waals surface area contributed by atoms with Crippen LogP contribution in [0.4, 0.5) is 5.69 Å². The van der Waals surface area contributed by atoms with Crippen molar-refractivity contribution in [1.29, 1.82) is 0 Å². The van der Waals surface area contributed by atoms with E-state index in [4.69, 9.17) is 4.74 Å². The van der Waals surface area contributed by atoms with E-state index in [1.807, 2.05) is 19.9 Å². The molecule has 0 spiro atoms. The summed E-state index contributed by atoms with van der Waals surface area (Å²) in [5, 5.41) is 6.19. The minimum Gasteiger partial charge on any atom is -0.380 e. The van der Waals surface area contributed by atoms with E-state index >= 15 is 0 Å². The van der Waals surface area contributed by atoms with Gasteiger partial charge in [0.25, 0.3) is 0 Å². The molecule has 18 heavy (non-hydrogen) atoms. The highest BCUT2D eigenvalue weighted by Crippen LogP contribution is 2.34. The molecule has 0 fully saturated rings. The molecular weight excluding hydrogens is 228 g/mol. The van der Waals surface area contributed by atoms with Crippen molar-refractivity contribution < 1.29 is 9.53 Å². The maximum Gasteiger partial charge on any atom is 0.246 e. The summed E-state index contributed by atoms with van der Waals surface area (Å²) >= 11 is 0. The van der Waals surface area contributed by atoms with Gasteiger partial charge in [0.15, 0.2) is 0 Å². The lowest BCUT2D eigenvalue weighted by atomic mass is 10.0. The van der Waals surface area contributed by atoms with E-state index in [9.17, 15) is 4.79 Å². The average Bonchev–Trinajstić information content (AvgIpc) is 2.67. The zero-order valence-electron chi connectivity index (χ0n) is 11.2. The van der Waals surface area contributed by atoms with Crippen molar-refractivity contribution in [2.75, 3.05) is 25.1 Å². The van der Waals surface area contributed by atoms with Gasteiger partial charge in [0.05, 0.1) is 6.61 Å². The molecule has 0 aliphatic carbocycles. The fourth-order valence-corrected chi connectivity index (χ4v) is 2.20. The lowest BCUT2D eigenvalue weighted by Gasteiger charge is -2.12. The van der Waals surface area contributed by atoms with Gasteiger partial charge in [-0.2, -0.15) is 0 Å². The van der Waals surface area contributed by atoms with E-state index in [2.05, 4.69) is 23.6 Å². The van der Waals surface area contributed by atoms with Crippen LogP contribution in [0.3, 0.4) is 0 Å². The van der Waals surface area contributed by atoms with Crippen molar-refractivity contribution in [2.24, 2.45) is 0 Å². The molecule has 2 N–H and O–H groups in total. The number of hydrogen-bond acceptors (Lipinski definition) is 3. The first-order valence-corrected chi connectivity index (χ1v) is 6.37. The first kappa shape index (κ1) is 13.1. The monoisotopic (exact) mass is 248 g/mol. The molecule has 2 rings (SSSR count). The fourth-order valence-electron chi connectivity index (χ4n) is 2.20. The number of hydrogen-bond donors (Lipinski definition) is 2. The minimum absolute atomic E-state index is 0.0233. The number of amides is 1. The average molecular weight is 248 g/mol. The quantitative estimate of drug-likeness (QED) is 0.783. The van der Waals surface area contributed by atoms with Crippen LogP contribution in [-0.2, 0) is 9.53 Å². The number of ether oxygens (including phenoxy) is 1. The topological polar surface area (TPSA) is 50.4 Å². The summed E-state index contributed by atoms with van der Waals surface area (Å²) in [6.07, 6.45) is 0. The van der Waals surface area contributed by atoms with Crippen molar-refractivity contribution in [1.82, 2.24) is 5.32 Å². The third-order valence-corrected chi connectivity index (χ3v) is 3.39. The Labute approximate surface area is 108 Å². The van der Waals surface area contributed by atoms with Crippen molar-refractivity contribution >= 4 is 11.6 Å². The Morgan fingerprint density at radius 3 is 2.89 bits per heavy atom. The fraction of sp³-hybridized carbons (Fsp3) is 0.500. The molecule has 98 valence electrons. The number of fused-ring (bicyclic) bond motifs is 1. The number of aryl methyl sites for hydroxylation is 1. The van der Waals surface area contributed by atoms with Gasteiger partial charge in [0.1, 0.15) is 6.04 Å². The Hall–Kier alpha value is -1.39. The molecule has 1 aliphatic rings. The molecule has 1 heterocycles. The summed E-state index contributed by atoms with van der Waals surface area (Å²) in [6, 6.07) is 3.83. The highest BCUT2D eigenvalue weighted by molar-refractivity contribution is 6.03. The predicted octanol–water partition coefficient (Wildman–Crippen LogP) is 1.92. The molecule has 0 bridgehead atoms. The number of anilines is 1. The van der Waals surface area contributed by atoms with E-state index in [1.54, 1.807) is 0 Å². The third-order valence-electron chi connectivity index (χ3n) is 3.39. The first-order chi connectivity index (χ1) is 8.65. The van der Waals surface area contributed by atoms with Crippen LogP contribution in [0.15, 0.2) is 12.1 Å². The normalized spacial score (nSPS) is 17.7. The van der Waals surface area contributed by atoms with Crippen LogP contribution in [0.1, 0.15) is 29.7 Å². The standard InChI is InChI=1S/C14H20N2O2/c1-4-18-8-7-15-13-11-6-5-9(2)10(3)12(11)16-14(13)17/h5-6,13,15H,4,7-8H2,1-3H3,(H,16,17). The molecule has 4 heteroatoms. The zero-order chi connectivity index (χ0) is 13.1. The summed E-state index contributed by atoms with van der Waals surface area (Å²) in [5.41, 5.74) is 4.35. The molecule has 1 aromatic carbocycles. The van der Waals surface area contributed by atoms with E-state index in [0.717, 1.165) is 16.8 Å². The van der Waals surface area contributed by atoms with Gasteiger partial charge >= 0.3 is 0 Å². The van der Waals surface area contributed by atoms with E-state index in [-0.39, 0.29) is 11.9 Å². The predicted molar refractivity (Wildman–Crippen MR) is 71.8 cm³/mol. The largest absolute Gasteiger partial charge is 0.380 e. The van der Waals surface area contributed by atoms with Gasteiger partial charge < -0.3 is 10.1 Å². The van der Waals surface area contributed by atoms with Gasteiger partial charge in [-0.15, -0.1) is 0 Å². The van der Waals surface area contributed by atoms with Crippen LogP contribution in [0.25, 0.3) is 0 Å². The van der Waals surface area contributed by atoms with Gasteiger partial charge in [0, 0.05) is 24.4 Å². The molecule has 1 aliphatic heterocycles. The molecule has 4 nitrogen and oxygen atoms in total. The molecule has 0 aromatic heterocycles. The second-order valence-electron chi connectivity index (χ2n) is 4.54. The van der Waals surface area contributed by atoms with E-state index in [1.165, 1.54) is 5.56 Å². The zero-order valence-corrected chi connectivity index (χ0v) is 11.2. The second kappa shape index (κ2) is 5.50. The van der Waals surface area contributed by atoms with Gasteiger partial charge in [-0.25, -0.2) is 0 Å². The molecule has 1 aromatic rings. The summed E-state index contributed by atoms with van der Waals surface area (Å²) < 4.78 is 5.27. The van der Waals surface area contributed by atoms with Crippen LogP contribution < -0.4 is 10.6 Å². The molecule has 1 atom stereocenters. The first-order valence-electron chi connectivity index (χ1n) is 6.37. The maximum absolute atomic E-state index is 11.9. The van der Waals surface area contributed by atoms with Crippen LogP contribution in [0.2, 0.25) is 0 Å². The van der Waals surface area contributed by atoms with E-state index in [0.29, 0.717) is 19.8 Å². The van der Waals surface area contributed by atoms with Crippen molar-refractivity contribution in [3.05, 3.63) is 28.8 Å². The molecule has 0 radical (unpaired) electrons. The molecule has 0 saturated heterocycles. The van der Waals surface area contributed by atoms with Gasteiger partial charge in [-0.05, 0) is 31.9 Å². The third kappa shape index (κ3) is 2.40. The van der Waals surface area contributed by atoms with Crippen molar-refractivity contribution in [2.45, 2.75) is 26.8 Å². The molecular formula is C14H20N2O2. The van der Waals surface area contributed by atoms with Gasteiger partial charge in [0.2, 0.25) is 5.91 Å². The minimum atomic E-state index is -0.250. The Morgan fingerprint density at radius 2 is 2.17 bits per heavy atom. The Morgan fingerprint density at radius 1 is 1.39 bits per heavy atom. The van der Waals surface area contributed by atoms with E-state index < -0.39 is 0 Å². The summed E-state index contributed by atoms with van der Waals surface area (Å²) in [4.78, 5) is 11.9. The SMILES string of the molecule is CCOCCNC1C(=O)Nc2c1ccc(C)c2C. The number of carbonyl (C=O) groups excluding carboxylic acids is 1. The molecule has 0 saturated carbocycles. The van der Waals surface area contributed by atoms with Crippen LogP contribution in [0.5, 0.6) is 0 Å².